The molecule has 2 nitrogen and oxygen atoms in total. The Bertz CT molecular complexity index is 1400. The number of benzene rings is 5. The maximum Gasteiger partial charge on any atom is 0.314 e. The molecule has 5 aromatic rings. The average molecular weight is 451 g/mol. The van der Waals surface area contributed by atoms with E-state index >= 15 is 0 Å². The molecule has 0 aliphatic carbocycles. The summed E-state index contributed by atoms with van der Waals surface area (Å²) in [6.07, 6.45) is 0. The molecule has 5 rings (SSSR count). The Morgan fingerprint density at radius 3 is 1.73 bits per heavy atom. The number of halogens is 1. The highest BCUT2D eigenvalue weighted by atomic mass is 35.5. The van der Waals surface area contributed by atoms with Gasteiger partial charge in [-0.05, 0) is 57.3 Å². The van der Waals surface area contributed by atoms with Gasteiger partial charge in [0.25, 0.3) is 0 Å². The van der Waals surface area contributed by atoms with Crippen LogP contribution in [0.15, 0.2) is 109 Å². The Kier molecular flexibility index (Phi) is 5.39. The predicted octanol–water partition coefficient (Wildman–Crippen LogP) is 7.82. The van der Waals surface area contributed by atoms with Gasteiger partial charge in [-0.15, -0.1) is 0 Å². The molecule has 0 amide bonds. The highest BCUT2D eigenvalue weighted by Gasteiger charge is 2.46. The van der Waals surface area contributed by atoms with Crippen molar-refractivity contribution in [3.63, 3.8) is 0 Å². The highest BCUT2D eigenvalue weighted by molar-refractivity contribution is 6.30. The van der Waals surface area contributed by atoms with Gasteiger partial charge in [-0.25, -0.2) is 0 Å². The van der Waals surface area contributed by atoms with E-state index in [1.807, 2.05) is 55.5 Å². The van der Waals surface area contributed by atoms with Crippen molar-refractivity contribution in [2.45, 2.75) is 18.3 Å². The minimum Gasteiger partial charge on any atom is -0.481 e. The Balaban J connectivity index is 1.91. The van der Waals surface area contributed by atoms with Crippen LogP contribution in [0.3, 0.4) is 0 Å². The van der Waals surface area contributed by atoms with E-state index in [9.17, 15) is 9.90 Å². The normalized spacial score (nSPS) is 13.3. The molecule has 0 aliphatic heterocycles. The Morgan fingerprint density at radius 2 is 1.21 bits per heavy atom. The summed E-state index contributed by atoms with van der Waals surface area (Å²) in [4.78, 5) is 13.2. The van der Waals surface area contributed by atoms with Crippen LogP contribution in [0.4, 0.5) is 0 Å². The molecule has 3 heteroatoms. The van der Waals surface area contributed by atoms with Crippen molar-refractivity contribution in [2.75, 3.05) is 0 Å². The van der Waals surface area contributed by atoms with Crippen LogP contribution in [0.25, 0.3) is 21.5 Å². The molecular formula is C30H23ClO2. The topological polar surface area (TPSA) is 37.3 Å². The molecule has 33 heavy (non-hydrogen) atoms. The van der Waals surface area contributed by atoms with Gasteiger partial charge in [0.2, 0.25) is 0 Å². The van der Waals surface area contributed by atoms with Crippen LogP contribution >= 0.6 is 11.6 Å². The fraction of sp³-hybridized carbons (Fsp3) is 0.100. The van der Waals surface area contributed by atoms with Crippen LogP contribution < -0.4 is 0 Å². The molecule has 0 unspecified atom stereocenters. The van der Waals surface area contributed by atoms with E-state index in [2.05, 4.69) is 48.5 Å². The second-order valence-electron chi connectivity index (χ2n) is 8.59. The minimum absolute atomic E-state index is 0.453. The van der Waals surface area contributed by atoms with Gasteiger partial charge >= 0.3 is 5.97 Å². The molecule has 0 aliphatic rings. The second kappa shape index (κ2) is 8.38. The summed E-state index contributed by atoms with van der Waals surface area (Å²) in [5.41, 5.74) is 1.37. The number of hydrogen-bond acceptors (Lipinski definition) is 1. The van der Waals surface area contributed by atoms with Crippen molar-refractivity contribution in [1.29, 1.82) is 0 Å². The molecule has 0 saturated carbocycles. The number of fused-ring (bicyclic) bond motifs is 2. The van der Waals surface area contributed by atoms with Gasteiger partial charge in [-0.1, -0.05) is 109 Å². The van der Waals surface area contributed by atoms with Crippen molar-refractivity contribution in [2.24, 2.45) is 0 Å². The first kappa shape index (κ1) is 21.2. The minimum atomic E-state index is -1.26. The lowest BCUT2D eigenvalue weighted by atomic mass is 9.64. The zero-order chi connectivity index (χ0) is 23.0. The SMILES string of the molecule is C[C@](C(=O)O)(c1cccc(Cl)c1)C(c1cccc2ccccc12)c1cccc2ccccc12. The predicted molar refractivity (Wildman–Crippen MR) is 136 cm³/mol. The molecule has 0 spiro atoms. The third-order valence-corrected chi connectivity index (χ3v) is 6.95. The number of hydrogen-bond donors (Lipinski definition) is 1. The maximum atomic E-state index is 13.2. The smallest absolute Gasteiger partial charge is 0.314 e. The standard InChI is InChI=1S/C30H23ClO2/c1-30(29(32)33,22-13-8-14-23(31)19-22)28(26-17-6-11-20-9-2-4-15-24(20)26)27-18-7-12-21-10-3-5-16-25(21)27/h2-19,28H,1H3,(H,32,33)/t30-/m0/s1. The third-order valence-electron chi connectivity index (χ3n) is 6.71. The molecule has 0 radical (unpaired) electrons. The van der Waals surface area contributed by atoms with E-state index in [1.165, 1.54) is 0 Å². The molecule has 0 aromatic heterocycles. The summed E-state index contributed by atoms with van der Waals surface area (Å²) >= 11 is 6.35. The molecule has 162 valence electrons. The lowest BCUT2D eigenvalue weighted by Crippen LogP contribution is -2.39. The molecule has 0 heterocycles. The van der Waals surface area contributed by atoms with Crippen molar-refractivity contribution in [1.82, 2.24) is 0 Å². The van der Waals surface area contributed by atoms with Crippen molar-refractivity contribution >= 4 is 39.1 Å². The first-order valence-electron chi connectivity index (χ1n) is 10.9. The summed E-state index contributed by atoms with van der Waals surface area (Å²) in [6, 6.07) is 35.8. The van der Waals surface area contributed by atoms with Gasteiger partial charge in [0.15, 0.2) is 0 Å². The van der Waals surface area contributed by atoms with Gasteiger partial charge in [-0.3, -0.25) is 4.79 Å². The zero-order valence-corrected chi connectivity index (χ0v) is 19.0. The molecule has 1 atom stereocenters. The molecule has 0 saturated heterocycles. The first-order valence-corrected chi connectivity index (χ1v) is 11.3. The van der Waals surface area contributed by atoms with Crippen LogP contribution in [0, 0.1) is 0 Å². The van der Waals surface area contributed by atoms with Crippen molar-refractivity contribution in [3.8, 4) is 0 Å². The van der Waals surface area contributed by atoms with Gasteiger partial charge in [0.05, 0.1) is 0 Å². The van der Waals surface area contributed by atoms with E-state index in [1.54, 1.807) is 12.1 Å². The number of aliphatic carboxylic acids is 1. The van der Waals surface area contributed by atoms with Crippen LogP contribution in [0.2, 0.25) is 5.02 Å². The zero-order valence-electron chi connectivity index (χ0n) is 18.2. The van der Waals surface area contributed by atoms with E-state index in [4.69, 9.17) is 11.6 Å². The summed E-state index contributed by atoms with van der Waals surface area (Å²) in [5, 5.41) is 15.6. The summed E-state index contributed by atoms with van der Waals surface area (Å²) in [6.45, 7) is 1.81. The quantitative estimate of drug-likeness (QED) is 0.296. The van der Waals surface area contributed by atoms with Crippen LogP contribution in [0.1, 0.15) is 29.5 Å². The second-order valence-corrected chi connectivity index (χ2v) is 9.02. The third kappa shape index (κ3) is 3.57. The molecule has 0 fully saturated rings. The summed E-state index contributed by atoms with van der Waals surface area (Å²) in [7, 11) is 0. The number of carbonyl (C=O) groups is 1. The van der Waals surface area contributed by atoms with E-state index in [-0.39, 0.29) is 0 Å². The van der Waals surface area contributed by atoms with Gasteiger partial charge in [-0.2, -0.15) is 0 Å². The lowest BCUT2D eigenvalue weighted by Gasteiger charge is -2.36. The van der Waals surface area contributed by atoms with Gasteiger partial charge in [0, 0.05) is 10.9 Å². The number of rotatable bonds is 5. The first-order chi connectivity index (χ1) is 16.0. The lowest BCUT2D eigenvalue weighted by molar-refractivity contribution is -0.143. The van der Waals surface area contributed by atoms with Crippen molar-refractivity contribution in [3.05, 3.63) is 131 Å². The van der Waals surface area contributed by atoms with Crippen LogP contribution in [0.5, 0.6) is 0 Å². The largest absolute Gasteiger partial charge is 0.481 e. The Morgan fingerprint density at radius 1 is 0.727 bits per heavy atom. The molecule has 1 N–H and O–H groups in total. The fourth-order valence-corrected chi connectivity index (χ4v) is 5.21. The number of carboxylic acid groups (broad SMARTS) is 1. The van der Waals surface area contributed by atoms with Crippen LogP contribution in [-0.4, -0.2) is 11.1 Å². The van der Waals surface area contributed by atoms with Crippen molar-refractivity contribution < 1.29 is 9.90 Å². The number of carboxylic acids is 1. The van der Waals surface area contributed by atoms with Gasteiger partial charge < -0.3 is 5.11 Å². The summed E-state index contributed by atoms with van der Waals surface area (Å²) < 4.78 is 0. The fourth-order valence-electron chi connectivity index (χ4n) is 5.02. The summed E-state index contributed by atoms with van der Waals surface area (Å²) in [5.74, 6) is -1.35. The Labute approximate surface area is 198 Å². The highest BCUT2D eigenvalue weighted by Crippen LogP contribution is 2.48. The van der Waals surface area contributed by atoms with E-state index in [0.717, 1.165) is 32.7 Å². The monoisotopic (exact) mass is 450 g/mol. The van der Waals surface area contributed by atoms with E-state index in [0.29, 0.717) is 10.6 Å². The molecular weight excluding hydrogens is 428 g/mol. The van der Waals surface area contributed by atoms with Crippen LogP contribution in [-0.2, 0) is 10.2 Å². The molecule has 5 aromatic carbocycles. The Hall–Kier alpha value is -3.62. The van der Waals surface area contributed by atoms with E-state index < -0.39 is 17.3 Å². The average Bonchev–Trinajstić information content (AvgIpc) is 2.84. The maximum absolute atomic E-state index is 13.2. The molecule has 0 bridgehead atoms. The van der Waals surface area contributed by atoms with Gasteiger partial charge in [0.1, 0.15) is 5.41 Å².